The molecule has 1 saturated heterocycles. The van der Waals surface area contributed by atoms with Gasteiger partial charge < -0.3 is 15.4 Å². The Morgan fingerprint density at radius 1 is 1.27 bits per heavy atom. The van der Waals surface area contributed by atoms with E-state index in [1.165, 1.54) is 0 Å². The van der Waals surface area contributed by atoms with Gasteiger partial charge in [-0.2, -0.15) is 0 Å². The zero-order chi connectivity index (χ0) is 19.1. The summed E-state index contributed by atoms with van der Waals surface area (Å²) in [5, 5.41) is 21.8. The van der Waals surface area contributed by atoms with E-state index >= 15 is 0 Å². The average Bonchev–Trinajstić information content (AvgIpc) is 2.65. The van der Waals surface area contributed by atoms with E-state index in [0.29, 0.717) is 50.2 Å². The van der Waals surface area contributed by atoms with Crippen molar-refractivity contribution >= 4 is 17.5 Å². The molecule has 1 amide bonds. The molecule has 1 aliphatic rings. The Kier molecular flexibility index (Phi) is 7.26. The van der Waals surface area contributed by atoms with Crippen molar-refractivity contribution in [2.24, 2.45) is 5.73 Å². The molecule has 1 radical (unpaired) electrons. The van der Waals surface area contributed by atoms with Gasteiger partial charge >= 0.3 is 0 Å². The Labute approximate surface area is 152 Å². The molecule has 26 heavy (non-hydrogen) atoms. The van der Waals surface area contributed by atoms with Crippen molar-refractivity contribution in [2.45, 2.75) is 25.0 Å². The number of rotatable bonds is 8. The van der Waals surface area contributed by atoms with Crippen LogP contribution in [0.1, 0.15) is 28.8 Å². The molecular weight excluding hydrogens is 336 g/mol. The number of Topliss-reactive ketones (excluding diaryl/α,β-unsaturated/α-hetero) is 1. The van der Waals surface area contributed by atoms with Crippen molar-refractivity contribution in [2.75, 3.05) is 33.4 Å². The Morgan fingerprint density at radius 2 is 1.85 bits per heavy atom. The van der Waals surface area contributed by atoms with Crippen LogP contribution in [-0.2, 0) is 14.6 Å². The highest BCUT2D eigenvalue weighted by Crippen LogP contribution is 2.14. The quantitative estimate of drug-likeness (QED) is 0.200. The molecular formula is C18H25N4O4. The first-order valence-electron chi connectivity index (χ1n) is 8.59. The molecule has 4 N–H and O–H groups in total. The number of piperidine rings is 1. The van der Waals surface area contributed by atoms with E-state index in [0.717, 1.165) is 0 Å². The molecule has 8 nitrogen and oxygen atoms in total. The summed E-state index contributed by atoms with van der Waals surface area (Å²) in [5.74, 6) is -0.769. The zero-order valence-corrected chi connectivity index (χ0v) is 14.9. The van der Waals surface area contributed by atoms with Crippen LogP contribution >= 0.6 is 0 Å². The third-order valence-electron chi connectivity index (χ3n) is 4.40. The van der Waals surface area contributed by atoms with Crippen LogP contribution in [0.4, 0.5) is 0 Å². The third-order valence-corrected chi connectivity index (χ3v) is 4.40. The predicted molar refractivity (Wildman–Crippen MR) is 95.7 cm³/mol. The number of nitrogens with two attached hydrogens (primary N) is 1. The van der Waals surface area contributed by atoms with Gasteiger partial charge in [0.1, 0.15) is 5.84 Å². The number of carbonyl (C=O) groups excluding carboxylic acids is 2. The van der Waals surface area contributed by atoms with E-state index in [-0.39, 0.29) is 17.5 Å². The Balaban J connectivity index is 2.15. The monoisotopic (exact) mass is 361 g/mol. The van der Waals surface area contributed by atoms with Crippen molar-refractivity contribution in [3.8, 4) is 0 Å². The number of ketones is 1. The second-order valence-electron chi connectivity index (χ2n) is 6.26. The first-order valence-corrected chi connectivity index (χ1v) is 8.59. The van der Waals surface area contributed by atoms with Gasteiger partial charge in [0.05, 0.1) is 12.7 Å². The van der Waals surface area contributed by atoms with Gasteiger partial charge in [0, 0.05) is 37.9 Å². The van der Waals surface area contributed by atoms with Gasteiger partial charge in [0.25, 0.3) is 0 Å². The number of amidine groups is 1. The summed E-state index contributed by atoms with van der Waals surface area (Å²) in [4.78, 5) is 27.3. The van der Waals surface area contributed by atoms with Crippen LogP contribution in [0, 0.1) is 5.41 Å². The number of nitrogens with one attached hydrogen (secondary N) is 2. The maximum atomic E-state index is 12.9. The molecule has 0 spiro atoms. The zero-order valence-electron chi connectivity index (χ0n) is 14.9. The highest BCUT2D eigenvalue weighted by atomic mass is 16.5. The van der Waals surface area contributed by atoms with Crippen LogP contribution in [0.2, 0.25) is 0 Å². The maximum Gasteiger partial charge on any atom is 0.247 e. The molecule has 8 heteroatoms. The lowest BCUT2D eigenvalue weighted by Crippen LogP contribution is -2.53. The number of likely N-dealkylation sites (tertiary alicyclic amines) is 1. The Bertz CT molecular complexity index is 639. The summed E-state index contributed by atoms with van der Waals surface area (Å²) >= 11 is 0. The van der Waals surface area contributed by atoms with Crippen molar-refractivity contribution in [3.63, 3.8) is 0 Å². The fourth-order valence-corrected chi connectivity index (χ4v) is 2.84. The summed E-state index contributed by atoms with van der Waals surface area (Å²) in [6.07, 6.45) is 0.157. The van der Waals surface area contributed by atoms with Crippen molar-refractivity contribution < 1.29 is 19.4 Å². The second kappa shape index (κ2) is 9.42. The minimum atomic E-state index is -1.03. The van der Waals surface area contributed by atoms with Crippen LogP contribution in [0.3, 0.4) is 0 Å². The number of benzene rings is 1. The molecule has 1 atom stereocenters. The minimum absolute atomic E-state index is 0.0877. The topological polar surface area (TPSA) is 128 Å². The number of nitrogen functional groups attached to an aromatic ring is 1. The van der Waals surface area contributed by atoms with E-state index < -0.39 is 12.1 Å². The standard InChI is InChI=1S/C18H25N4O4/c1-26-11-8-21-15(18(25)22-9-6-14(23)7-10-22)16(24)12-2-4-13(5-3-12)17(19)20/h2-5,14-15,21H,6-11H2,1H3,(H3,19,20). The summed E-state index contributed by atoms with van der Waals surface area (Å²) in [5.41, 5.74) is 6.29. The highest BCUT2D eigenvalue weighted by Gasteiger charge is 2.33. The fourth-order valence-electron chi connectivity index (χ4n) is 2.84. The molecule has 0 bridgehead atoms. The number of hydrogen-bond acceptors (Lipinski definition) is 5. The first kappa shape index (κ1) is 20.0. The minimum Gasteiger partial charge on any atom is -0.384 e. The molecule has 1 aromatic rings. The first-order chi connectivity index (χ1) is 12.4. The number of ether oxygens (including phenoxy) is 1. The van der Waals surface area contributed by atoms with Gasteiger partial charge in [-0.1, -0.05) is 24.3 Å². The lowest BCUT2D eigenvalue weighted by atomic mass is 9.99. The third kappa shape index (κ3) is 5.10. The molecule has 1 fully saturated rings. The molecule has 141 valence electrons. The van der Waals surface area contributed by atoms with Crippen LogP contribution in [0.25, 0.3) is 0 Å². The largest absolute Gasteiger partial charge is 0.384 e. The highest BCUT2D eigenvalue weighted by molar-refractivity contribution is 6.13. The molecule has 2 rings (SSSR count). The van der Waals surface area contributed by atoms with Crippen LogP contribution in [-0.4, -0.2) is 67.9 Å². The van der Waals surface area contributed by atoms with E-state index in [9.17, 15) is 14.7 Å². The number of methoxy groups -OCH3 is 1. The summed E-state index contributed by atoms with van der Waals surface area (Å²) < 4.78 is 4.98. The van der Waals surface area contributed by atoms with Crippen molar-refractivity contribution in [1.29, 1.82) is 5.41 Å². The van der Waals surface area contributed by atoms with Crippen LogP contribution in [0.15, 0.2) is 24.3 Å². The normalized spacial score (nSPS) is 16.3. The van der Waals surface area contributed by atoms with E-state index in [2.05, 4.69) is 5.32 Å². The summed E-state index contributed by atoms with van der Waals surface area (Å²) in [6.45, 7) is 1.45. The van der Waals surface area contributed by atoms with E-state index in [4.69, 9.17) is 15.9 Å². The van der Waals surface area contributed by atoms with Crippen LogP contribution in [0.5, 0.6) is 0 Å². The van der Waals surface area contributed by atoms with Gasteiger partial charge in [0.15, 0.2) is 11.8 Å². The fraction of sp³-hybridized carbons (Fsp3) is 0.500. The molecule has 1 aliphatic heterocycles. The maximum absolute atomic E-state index is 12.9. The molecule has 0 aromatic heterocycles. The van der Waals surface area contributed by atoms with Gasteiger partial charge in [-0.3, -0.25) is 20.3 Å². The summed E-state index contributed by atoms with van der Waals surface area (Å²) in [7, 11) is 1.54. The second-order valence-corrected chi connectivity index (χ2v) is 6.26. The molecule has 1 heterocycles. The van der Waals surface area contributed by atoms with E-state index in [1.54, 1.807) is 36.3 Å². The smallest absolute Gasteiger partial charge is 0.247 e. The van der Waals surface area contributed by atoms with Gasteiger partial charge in [0.2, 0.25) is 5.91 Å². The van der Waals surface area contributed by atoms with Gasteiger partial charge in [-0.25, -0.2) is 5.11 Å². The SMILES string of the molecule is COCCNC(C(=O)c1ccc(C(=N)N)cc1)C(=O)N1CCC([O])CC1. The number of amides is 1. The lowest BCUT2D eigenvalue weighted by Gasteiger charge is -2.31. The summed E-state index contributed by atoms with van der Waals surface area (Å²) in [6, 6.07) is 5.24. The molecule has 1 aromatic carbocycles. The van der Waals surface area contributed by atoms with Crippen LogP contribution < -0.4 is 11.1 Å². The number of carbonyl (C=O) groups is 2. The lowest BCUT2D eigenvalue weighted by molar-refractivity contribution is -0.134. The Morgan fingerprint density at radius 3 is 2.38 bits per heavy atom. The molecule has 0 saturated carbocycles. The number of hydrogen-bond donors (Lipinski definition) is 3. The van der Waals surface area contributed by atoms with E-state index in [1.807, 2.05) is 0 Å². The molecule has 1 unspecified atom stereocenters. The Hall–Kier alpha value is -2.29. The number of nitrogens with zero attached hydrogens (tertiary/aromatic N) is 1. The van der Waals surface area contributed by atoms with Crippen molar-refractivity contribution in [3.05, 3.63) is 35.4 Å². The van der Waals surface area contributed by atoms with Crippen molar-refractivity contribution in [1.82, 2.24) is 10.2 Å². The van der Waals surface area contributed by atoms with Gasteiger partial charge in [-0.15, -0.1) is 0 Å². The average molecular weight is 361 g/mol. The molecule has 0 aliphatic carbocycles. The predicted octanol–water partition coefficient (Wildman–Crippen LogP) is 0.179. The van der Waals surface area contributed by atoms with Gasteiger partial charge in [-0.05, 0) is 12.8 Å².